The highest BCUT2D eigenvalue weighted by molar-refractivity contribution is 7.08. The quantitative estimate of drug-likeness (QED) is 0.442. The van der Waals surface area contributed by atoms with Crippen molar-refractivity contribution >= 4 is 34.1 Å². The largest absolute Gasteiger partial charge is 0.383 e. The Kier molecular flexibility index (Phi) is 4.61. The van der Waals surface area contributed by atoms with Crippen LogP contribution in [0.1, 0.15) is 11.1 Å². The molecule has 5 rings (SSSR count). The number of rotatable bonds is 5. The maximum Gasteiger partial charge on any atom is 0.225 e. The zero-order valence-electron chi connectivity index (χ0n) is 16.3. The SMILES string of the molecule is Cc1cccc(-n2nc3nc(NCc4cccnc4)nc(-c4ccsc4)c3c2N)c1. The molecule has 0 aliphatic rings. The van der Waals surface area contributed by atoms with E-state index in [2.05, 4.69) is 20.7 Å². The number of hydrogen-bond acceptors (Lipinski definition) is 7. The van der Waals surface area contributed by atoms with E-state index in [1.165, 1.54) is 0 Å². The predicted molar refractivity (Wildman–Crippen MR) is 121 cm³/mol. The lowest BCUT2D eigenvalue weighted by Crippen LogP contribution is -2.05. The predicted octanol–water partition coefficient (Wildman–Crippen LogP) is 4.44. The molecule has 4 heterocycles. The van der Waals surface area contributed by atoms with Crippen molar-refractivity contribution in [3.8, 4) is 16.9 Å². The third-order valence-corrected chi connectivity index (χ3v) is 5.47. The number of benzene rings is 1. The van der Waals surface area contributed by atoms with Gasteiger partial charge in [0.2, 0.25) is 5.95 Å². The number of pyridine rings is 1. The number of nitrogens with two attached hydrogens (primary N) is 1. The molecule has 0 unspecified atom stereocenters. The molecule has 5 aromatic rings. The van der Waals surface area contributed by atoms with Crippen molar-refractivity contribution in [3.05, 3.63) is 76.7 Å². The molecule has 0 saturated carbocycles. The van der Waals surface area contributed by atoms with Crippen molar-refractivity contribution in [1.82, 2.24) is 24.7 Å². The lowest BCUT2D eigenvalue weighted by molar-refractivity contribution is 0.897. The second-order valence-electron chi connectivity index (χ2n) is 6.96. The highest BCUT2D eigenvalue weighted by Gasteiger charge is 2.19. The number of nitrogens with one attached hydrogen (secondary N) is 1. The Bertz CT molecular complexity index is 1310. The molecule has 0 amide bonds. The van der Waals surface area contributed by atoms with Crippen LogP contribution in [0.3, 0.4) is 0 Å². The van der Waals surface area contributed by atoms with Crippen LogP contribution in [0.2, 0.25) is 0 Å². The van der Waals surface area contributed by atoms with Gasteiger partial charge in [0, 0.05) is 29.9 Å². The van der Waals surface area contributed by atoms with Gasteiger partial charge >= 0.3 is 0 Å². The Morgan fingerprint density at radius 2 is 2.07 bits per heavy atom. The van der Waals surface area contributed by atoms with Crippen molar-refractivity contribution in [3.63, 3.8) is 0 Å². The molecular formula is C22H19N7S. The summed E-state index contributed by atoms with van der Waals surface area (Å²) in [6.45, 7) is 2.61. The normalized spacial score (nSPS) is 11.1. The van der Waals surface area contributed by atoms with Gasteiger partial charge < -0.3 is 11.1 Å². The van der Waals surface area contributed by atoms with Gasteiger partial charge in [0.05, 0.1) is 16.8 Å². The minimum absolute atomic E-state index is 0.501. The lowest BCUT2D eigenvalue weighted by atomic mass is 10.1. The second-order valence-corrected chi connectivity index (χ2v) is 7.74. The van der Waals surface area contributed by atoms with E-state index in [4.69, 9.17) is 15.8 Å². The first-order chi connectivity index (χ1) is 14.7. The molecule has 0 atom stereocenters. The lowest BCUT2D eigenvalue weighted by Gasteiger charge is -2.07. The van der Waals surface area contributed by atoms with Crippen molar-refractivity contribution in [1.29, 1.82) is 0 Å². The number of fused-ring (bicyclic) bond motifs is 1. The zero-order chi connectivity index (χ0) is 20.5. The summed E-state index contributed by atoms with van der Waals surface area (Å²) in [6, 6.07) is 14.0. The molecule has 0 spiro atoms. The summed E-state index contributed by atoms with van der Waals surface area (Å²) >= 11 is 1.61. The van der Waals surface area contributed by atoms with Crippen molar-refractivity contribution in [2.75, 3.05) is 11.1 Å². The first kappa shape index (κ1) is 18.3. The van der Waals surface area contributed by atoms with E-state index < -0.39 is 0 Å². The van der Waals surface area contributed by atoms with E-state index in [0.29, 0.717) is 24.0 Å². The third kappa shape index (κ3) is 3.37. The third-order valence-electron chi connectivity index (χ3n) is 4.78. The van der Waals surface area contributed by atoms with E-state index in [-0.39, 0.29) is 0 Å². The Labute approximate surface area is 177 Å². The van der Waals surface area contributed by atoms with E-state index >= 15 is 0 Å². The van der Waals surface area contributed by atoms with Crippen LogP contribution in [0.5, 0.6) is 0 Å². The molecule has 30 heavy (non-hydrogen) atoms. The van der Waals surface area contributed by atoms with Crippen molar-refractivity contribution < 1.29 is 0 Å². The molecule has 0 bridgehead atoms. The van der Waals surface area contributed by atoms with E-state index in [9.17, 15) is 0 Å². The Morgan fingerprint density at radius 1 is 1.13 bits per heavy atom. The van der Waals surface area contributed by atoms with Gasteiger partial charge in [-0.3, -0.25) is 4.98 Å². The number of aryl methyl sites for hydroxylation is 1. The second kappa shape index (κ2) is 7.57. The van der Waals surface area contributed by atoms with Crippen molar-refractivity contribution in [2.45, 2.75) is 13.5 Å². The first-order valence-corrected chi connectivity index (χ1v) is 10.4. The Balaban J connectivity index is 1.63. The molecule has 4 aromatic heterocycles. The fourth-order valence-electron chi connectivity index (χ4n) is 3.34. The topological polar surface area (TPSA) is 94.5 Å². The number of thiophene rings is 1. The fourth-order valence-corrected chi connectivity index (χ4v) is 3.98. The van der Waals surface area contributed by atoms with Gasteiger partial charge in [0.1, 0.15) is 5.82 Å². The summed E-state index contributed by atoms with van der Waals surface area (Å²) in [5.74, 6) is 1.03. The number of hydrogen-bond donors (Lipinski definition) is 2. The molecule has 0 aliphatic carbocycles. The number of aromatic nitrogens is 5. The summed E-state index contributed by atoms with van der Waals surface area (Å²) in [4.78, 5) is 13.6. The van der Waals surface area contributed by atoms with Crippen LogP contribution in [-0.4, -0.2) is 24.7 Å². The van der Waals surface area contributed by atoms with Gasteiger partial charge in [-0.15, -0.1) is 5.10 Å². The Hall–Kier alpha value is -3.78. The van der Waals surface area contributed by atoms with Gasteiger partial charge in [0.15, 0.2) is 5.65 Å². The summed E-state index contributed by atoms with van der Waals surface area (Å²) in [5, 5.41) is 12.8. The minimum atomic E-state index is 0.501. The summed E-state index contributed by atoms with van der Waals surface area (Å²) < 4.78 is 1.73. The molecule has 0 radical (unpaired) electrons. The van der Waals surface area contributed by atoms with Crippen LogP contribution < -0.4 is 11.1 Å². The average Bonchev–Trinajstić information content (AvgIpc) is 3.41. The molecule has 0 fully saturated rings. The van der Waals surface area contributed by atoms with Crippen LogP contribution >= 0.6 is 11.3 Å². The van der Waals surface area contributed by atoms with Crippen LogP contribution in [0.25, 0.3) is 28.0 Å². The molecule has 0 saturated heterocycles. The fraction of sp³-hybridized carbons (Fsp3) is 0.0909. The smallest absolute Gasteiger partial charge is 0.225 e. The minimum Gasteiger partial charge on any atom is -0.383 e. The number of nitrogens with zero attached hydrogens (tertiary/aromatic N) is 5. The molecule has 1 aromatic carbocycles. The molecular weight excluding hydrogens is 394 g/mol. The molecule has 148 valence electrons. The highest BCUT2D eigenvalue weighted by atomic mass is 32.1. The monoisotopic (exact) mass is 413 g/mol. The first-order valence-electron chi connectivity index (χ1n) is 9.47. The van der Waals surface area contributed by atoms with E-state index in [0.717, 1.165) is 33.5 Å². The number of nitrogen functional groups attached to an aromatic ring is 1. The molecule has 7 nitrogen and oxygen atoms in total. The maximum absolute atomic E-state index is 6.54. The van der Waals surface area contributed by atoms with E-state index in [1.807, 2.05) is 61.0 Å². The highest BCUT2D eigenvalue weighted by Crippen LogP contribution is 2.33. The average molecular weight is 414 g/mol. The molecule has 8 heteroatoms. The number of anilines is 2. The van der Waals surface area contributed by atoms with E-state index in [1.54, 1.807) is 22.2 Å². The summed E-state index contributed by atoms with van der Waals surface area (Å²) in [7, 11) is 0. The van der Waals surface area contributed by atoms with Crippen LogP contribution in [0.15, 0.2) is 65.6 Å². The van der Waals surface area contributed by atoms with Gasteiger partial charge in [-0.2, -0.15) is 16.3 Å². The summed E-state index contributed by atoms with van der Waals surface area (Å²) in [6.07, 6.45) is 3.57. The molecule has 0 aliphatic heterocycles. The van der Waals surface area contributed by atoms with Crippen LogP contribution in [-0.2, 0) is 6.54 Å². The van der Waals surface area contributed by atoms with Crippen molar-refractivity contribution in [2.24, 2.45) is 0 Å². The maximum atomic E-state index is 6.54. The zero-order valence-corrected chi connectivity index (χ0v) is 17.1. The van der Waals surface area contributed by atoms with Crippen LogP contribution in [0, 0.1) is 6.92 Å². The van der Waals surface area contributed by atoms with Crippen LogP contribution in [0.4, 0.5) is 11.8 Å². The van der Waals surface area contributed by atoms with Gasteiger partial charge in [-0.1, -0.05) is 18.2 Å². The summed E-state index contributed by atoms with van der Waals surface area (Å²) in [5.41, 5.74) is 11.9. The van der Waals surface area contributed by atoms with Gasteiger partial charge in [0.25, 0.3) is 0 Å². The molecule has 3 N–H and O–H groups in total. The standard InChI is InChI=1S/C22H19N7S/c1-14-4-2-6-17(10-14)29-20(23)18-19(16-7-9-30-13-16)26-22(27-21(18)28-29)25-12-15-5-3-8-24-11-15/h2-11,13H,12,23H2,1H3,(H,25,27,28). The Morgan fingerprint density at radius 3 is 2.83 bits per heavy atom. The van der Waals surface area contributed by atoms with Gasteiger partial charge in [-0.25, -0.2) is 9.67 Å². The van der Waals surface area contributed by atoms with Gasteiger partial charge in [-0.05, 0) is 47.7 Å².